The van der Waals surface area contributed by atoms with Gasteiger partial charge in [-0.3, -0.25) is 14.5 Å². The Labute approximate surface area is 123 Å². The molecule has 0 saturated carbocycles. The van der Waals surface area contributed by atoms with Crippen LogP contribution in [0.15, 0.2) is 36.9 Å². The second-order valence-electron chi connectivity index (χ2n) is 4.74. The minimum absolute atomic E-state index is 0.228. The van der Waals surface area contributed by atoms with Crippen LogP contribution in [0, 0.1) is 0 Å². The highest BCUT2D eigenvalue weighted by atomic mass is 16.5. The van der Waals surface area contributed by atoms with Gasteiger partial charge in [-0.2, -0.15) is 0 Å². The minimum atomic E-state index is -0.435. The van der Waals surface area contributed by atoms with E-state index in [1.54, 1.807) is 24.3 Å². The van der Waals surface area contributed by atoms with Crippen LogP contribution >= 0.6 is 0 Å². The van der Waals surface area contributed by atoms with Crippen molar-refractivity contribution < 1.29 is 19.1 Å². The molecule has 2 rings (SSSR count). The average molecular weight is 287 g/mol. The number of imide groups is 1. The molecule has 0 bridgehead atoms. The van der Waals surface area contributed by atoms with Crippen LogP contribution in [-0.4, -0.2) is 35.8 Å². The van der Waals surface area contributed by atoms with Gasteiger partial charge in [0.1, 0.15) is 0 Å². The van der Waals surface area contributed by atoms with Crippen molar-refractivity contribution in [2.24, 2.45) is 0 Å². The summed E-state index contributed by atoms with van der Waals surface area (Å²) in [5, 5.41) is 0. The molecule has 21 heavy (non-hydrogen) atoms. The summed E-state index contributed by atoms with van der Waals surface area (Å²) in [6, 6.07) is 6.84. The molecule has 110 valence electrons. The zero-order valence-corrected chi connectivity index (χ0v) is 11.7. The Bertz CT molecular complexity index is 544. The van der Waals surface area contributed by atoms with Crippen molar-refractivity contribution in [1.82, 2.24) is 4.90 Å². The number of amides is 2. The highest BCUT2D eigenvalue weighted by Crippen LogP contribution is 2.22. The second-order valence-corrected chi connectivity index (χ2v) is 4.74. The van der Waals surface area contributed by atoms with E-state index in [1.165, 1.54) is 4.90 Å². The molecule has 1 aliphatic heterocycles. The molecule has 1 aromatic carbocycles. The first-order chi connectivity index (χ1) is 10.1. The molecule has 1 aromatic rings. The fourth-order valence-electron chi connectivity index (χ4n) is 2.22. The first-order valence-corrected chi connectivity index (χ1v) is 6.89. The summed E-state index contributed by atoms with van der Waals surface area (Å²) in [5.41, 5.74) is 0.949. The van der Waals surface area contributed by atoms with Crippen LogP contribution in [0.2, 0.25) is 0 Å². The van der Waals surface area contributed by atoms with Crippen molar-refractivity contribution in [1.29, 1.82) is 0 Å². The van der Waals surface area contributed by atoms with Crippen LogP contribution in [0.4, 0.5) is 0 Å². The number of esters is 1. The first kappa shape index (κ1) is 15.0. The molecule has 0 N–H and O–H groups in total. The molecule has 0 radical (unpaired) electrons. The number of nitrogens with zero attached hydrogens (tertiary/aromatic N) is 1. The van der Waals surface area contributed by atoms with Gasteiger partial charge in [-0.1, -0.05) is 18.7 Å². The molecular weight excluding hydrogens is 270 g/mol. The van der Waals surface area contributed by atoms with Gasteiger partial charge in [0.2, 0.25) is 0 Å². The average Bonchev–Trinajstić information content (AvgIpc) is 2.75. The van der Waals surface area contributed by atoms with E-state index in [9.17, 15) is 14.4 Å². The first-order valence-electron chi connectivity index (χ1n) is 6.89. The van der Waals surface area contributed by atoms with E-state index in [4.69, 9.17) is 4.74 Å². The lowest BCUT2D eigenvalue weighted by molar-refractivity contribution is -0.137. The molecule has 0 aromatic heterocycles. The lowest BCUT2D eigenvalue weighted by atomic mass is 10.1. The number of unbranched alkanes of at least 4 members (excludes halogenated alkanes) is 2. The number of benzene rings is 1. The molecule has 0 atom stereocenters. The Morgan fingerprint density at radius 1 is 1.10 bits per heavy atom. The van der Waals surface area contributed by atoms with E-state index < -0.39 is 5.97 Å². The van der Waals surface area contributed by atoms with Crippen LogP contribution in [0.3, 0.4) is 0 Å². The Morgan fingerprint density at radius 2 is 1.71 bits per heavy atom. The lowest BCUT2D eigenvalue weighted by Crippen LogP contribution is -2.30. The Hall–Kier alpha value is -2.43. The summed E-state index contributed by atoms with van der Waals surface area (Å²) in [7, 11) is 0. The van der Waals surface area contributed by atoms with Crippen LogP contribution < -0.4 is 0 Å². The van der Waals surface area contributed by atoms with Gasteiger partial charge in [0.25, 0.3) is 11.8 Å². The van der Waals surface area contributed by atoms with Crippen molar-refractivity contribution in [2.45, 2.75) is 19.3 Å². The molecule has 0 saturated heterocycles. The third kappa shape index (κ3) is 3.37. The highest BCUT2D eigenvalue weighted by molar-refractivity contribution is 6.21. The molecule has 0 unspecified atom stereocenters. The summed E-state index contributed by atoms with van der Waals surface area (Å²) in [4.78, 5) is 36.3. The van der Waals surface area contributed by atoms with Crippen molar-refractivity contribution in [2.75, 3.05) is 13.2 Å². The second kappa shape index (κ2) is 6.83. The van der Waals surface area contributed by atoms with Crippen LogP contribution in [0.25, 0.3) is 0 Å². The summed E-state index contributed by atoms with van der Waals surface area (Å²) >= 11 is 0. The SMILES string of the molecule is C=CC(=O)OCCCCCN1C(=O)c2ccccc2C1=O. The summed E-state index contributed by atoms with van der Waals surface area (Å²) < 4.78 is 4.85. The number of carbonyl (C=O) groups is 3. The topological polar surface area (TPSA) is 63.7 Å². The maximum Gasteiger partial charge on any atom is 0.330 e. The number of rotatable bonds is 7. The van der Waals surface area contributed by atoms with E-state index in [-0.39, 0.29) is 11.8 Å². The van der Waals surface area contributed by atoms with E-state index in [0.717, 1.165) is 12.5 Å². The monoisotopic (exact) mass is 287 g/mol. The van der Waals surface area contributed by atoms with Gasteiger partial charge in [0, 0.05) is 12.6 Å². The minimum Gasteiger partial charge on any atom is -0.463 e. The van der Waals surface area contributed by atoms with Gasteiger partial charge in [0.05, 0.1) is 17.7 Å². The summed E-state index contributed by atoms with van der Waals surface area (Å²) in [5.74, 6) is -0.891. The number of hydrogen-bond donors (Lipinski definition) is 0. The van der Waals surface area contributed by atoms with Gasteiger partial charge in [-0.25, -0.2) is 4.79 Å². The zero-order valence-electron chi connectivity index (χ0n) is 11.7. The van der Waals surface area contributed by atoms with Crippen LogP contribution in [0.1, 0.15) is 40.0 Å². The molecule has 5 heteroatoms. The normalized spacial score (nSPS) is 13.2. The highest BCUT2D eigenvalue weighted by Gasteiger charge is 2.34. The predicted octanol–water partition coefficient (Wildman–Crippen LogP) is 2.18. The quantitative estimate of drug-likeness (QED) is 0.334. The number of ether oxygens (including phenoxy) is 1. The van der Waals surface area contributed by atoms with Crippen molar-refractivity contribution in [3.63, 3.8) is 0 Å². The van der Waals surface area contributed by atoms with Gasteiger partial charge in [-0.05, 0) is 31.4 Å². The van der Waals surface area contributed by atoms with Crippen molar-refractivity contribution in [3.05, 3.63) is 48.0 Å². The third-order valence-corrected chi connectivity index (χ3v) is 3.32. The Kier molecular flexibility index (Phi) is 4.87. The van der Waals surface area contributed by atoms with Gasteiger partial charge < -0.3 is 4.74 Å². The molecule has 0 spiro atoms. The molecule has 5 nitrogen and oxygen atoms in total. The molecule has 1 heterocycles. The molecule has 0 aliphatic carbocycles. The van der Waals surface area contributed by atoms with Crippen molar-refractivity contribution in [3.8, 4) is 0 Å². The fourth-order valence-corrected chi connectivity index (χ4v) is 2.22. The van der Waals surface area contributed by atoms with E-state index in [1.807, 2.05) is 0 Å². The molecule has 2 amide bonds. The molecule has 0 fully saturated rings. The number of fused-ring (bicyclic) bond motifs is 1. The standard InChI is InChI=1S/C16H17NO4/c1-2-14(18)21-11-7-3-6-10-17-15(19)12-8-4-5-9-13(12)16(17)20/h2,4-5,8-9H,1,3,6-7,10-11H2. The summed E-state index contributed by atoms with van der Waals surface area (Å²) in [6.07, 6.45) is 3.29. The van der Waals surface area contributed by atoms with Gasteiger partial charge in [-0.15, -0.1) is 0 Å². The van der Waals surface area contributed by atoms with Gasteiger partial charge >= 0.3 is 5.97 Å². The third-order valence-electron chi connectivity index (χ3n) is 3.32. The fraction of sp³-hybridized carbons (Fsp3) is 0.312. The van der Waals surface area contributed by atoms with Crippen LogP contribution in [-0.2, 0) is 9.53 Å². The predicted molar refractivity (Wildman–Crippen MR) is 76.8 cm³/mol. The van der Waals surface area contributed by atoms with Crippen LogP contribution in [0.5, 0.6) is 0 Å². The van der Waals surface area contributed by atoms with E-state index in [2.05, 4.69) is 6.58 Å². The van der Waals surface area contributed by atoms with Gasteiger partial charge in [0.15, 0.2) is 0 Å². The maximum absolute atomic E-state index is 12.1. The smallest absolute Gasteiger partial charge is 0.330 e. The van der Waals surface area contributed by atoms with E-state index in [0.29, 0.717) is 37.1 Å². The summed E-state index contributed by atoms with van der Waals surface area (Å²) in [6.45, 7) is 4.03. The van der Waals surface area contributed by atoms with E-state index >= 15 is 0 Å². The largest absolute Gasteiger partial charge is 0.463 e. The Balaban J connectivity index is 1.75. The Morgan fingerprint density at radius 3 is 2.29 bits per heavy atom. The zero-order chi connectivity index (χ0) is 15.2. The maximum atomic E-state index is 12.1. The number of hydrogen-bond acceptors (Lipinski definition) is 4. The number of carbonyl (C=O) groups excluding carboxylic acids is 3. The molecular formula is C16H17NO4. The van der Waals surface area contributed by atoms with Crippen molar-refractivity contribution >= 4 is 17.8 Å². The molecule has 1 aliphatic rings. The lowest BCUT2D eigenvalue weighted by Gasteiger charge is -2.13.